The van der Waals surface area contributed by atoms with Gasteiger partial charge in [-0.15, -0.1) is 0 Å². The quantitative estimate of drug-likeness (QED) is 0.0561. The number of hydrogen-bond acceptors (Lipinski definition) is 6. The molecule has 3 unspecified atom stereocenters. The van der Waals surface area contributed by atoms with Gasteiger partial charge in [0.2, 0.25) is 0 Å². The lowest BCUT2D eigenvalue weighted by atomic mass is 9.77. The third-order valence-corrected chi connectivity index (χ3v) is 22.3. The van der Waals surface area contributed by atoms with Crippen molar-refractivity contribution in [1.82, 2.24) is 24.9 Å². The number of pyridine rings is 3. The second kappa shape index (κ2) is 33.5. The van der Waals surface area contributed by atoms with E-state index >= 15 is 0 Å². The lowest BCUT2D eigenvalue weighted by molar-refractivity contribution is 0.730. The zero-order valence-electron chi connectivity index (χ0n) is 64.0. The second-order valence-corrected chi connectivity index (χ2v) is 29.3. The summed E-state index contributed by atoms with van der Waals surface area (Å²) in [5.41, 5.74) is 35.3. The Labute approximate surface area is 678 Å². The Morgan fingerprint density at radius 3 is 0.983 bits per heavy atom. The van der Waals surface area contributed by atoms with Gasteiger partial charge in [-0.2, -0.15) is 0 Å². The number of allylic oxidation sites excluding steroid dienone is 11. The van der Waals surface area contributed by atoms with Gasteiger partial charge in [-0.25, -0.2) is 0 Å². The van der Waals surface area contributed by atoms with Gasteiger partial charge in [-0.05, 0) is 201 Å². The number of benzene rings is 12. The fraction of sp³-hybridized carbons (Fsp3) is 0.0364. The van der Waals surface area contributed by atoms with Crippen LogP contribution in [0, 0.1) is 0 Å². The molecule has 0 amide bonds. The standard InChI is InChI=1S/C110H80N6/c1-3-94(76-42-52-82(53-43-76)106-35-17-21-63-112-106)95(4-2)88-66-89(101-30-12-7-25-96(101)77-40-38-75(39-41-77)87-24-6-5-20-62-111-72-87)68-90(67-88)102-31-13-8-28-99(102)80-48-58-85(59-49-80)109-73-116-110(74-115-109)86-60-50-81(51-61-86)100-29-11-16-34-105(100)93-70-91(103-32-14-9-26-97(103)78-44-54-83(55-45-78)107-36-18-22-64-113-107)69-92(71-93)104-33-15-10-27-98(104)79-46-56-84(57-47-79)108-37-19-23-65-114-108/h3-23,25-74,87,100,105H,1-2,24H2/b6-5-,62-20-,95-94-,111-72+. The first-order valence-electron chi connectivity index (χ1n) is 39.5. The van der Waals surface area contributed by atoms with E-state index in [1.54, 1.807) is 0 Å². The summed E-state index contributed by atoms with van der Waals surface area (Å²) in [5, 5.41) is 0. The van der Waals surface area contributed by atoms with E-state index in [4.69, 9.17) is 9.97 Å². The number of aromatic nitrogens is 5. The highest BCUT2D eigenvalue weighted by molar-refractivity contribution is 6.02. The van der Waals surface area contributed by atoms with Crippen LogP contribution >= 0.6 is 0 Å². The Bertz CT molecular complexity index is 6290. The summed E-state index contributed by atoms with van der Waals surface area (Å²) < 4.78 is 0. The minimum absolute atomic E-state index is 0.0205. The van der Waals surface area contributed by atoms with Crippen LogP contribution in [0.3, 0.4) is 0 Å². The van der Waals surface area contributed by atoms with Crippen LogP contribution in [0.25, 0.3) is 156 Å². The van der Waals surface area contributed by atoms with Gasteiger partial charge in [0, 0.05) is 76.6 Å². The smallest absolute Gasteiger partial charge is 0.0885 e. The first-order valence-corrected chi connectivity index (χ1v) is 39.5. The first kappa shape index (κ1) is 72.6. The fourth-order valence-electron chi connectivity index (χ4n) is 16.3. The molecule has 1 aliphatic heterocycles. The molecule has 2 aliphatic rings. The number of nitrogens with zero attached hydrogens (tertiary/aromatic N) is 6. The monoisotopic (exact) mass is 1480 g/mol. The second-order valence-electron chi connectivity index (χ2n) is 29.3. The molecule has 0 N–H and O–H groups in total. The van der Waals surface area contributed by atoms with Crippen molar-refractivity contribution in [3.63, 3.8) is 0 Å². The summed E-state index contributed by atoms with van der Waals surface area (Å²) in [4.78, 5) is 28.6. The molecule has 18 rings (SSSR count). The van der Waals surface area contributed by atoms with Crippen LogP contribution < -0.4 is 0 Å². The van der Waals surface area contributed by atoms with E-state index in [9.17, 15) is 0 Å². The van der Waals surface area contributed by atoms with Crippen molar-refractivity contribution in [3.8, 4) is 145 Å². The summed E-state index contributed by atoms with van der Waals surface area (Å²) >= 11 is 0. The van der Waals surface area contributed by atoms with Crippen molar-refractivity contribution in [2.24, 2.45) is 4.99 Å². The van der Waals surface area contributed by atoms with Crippen molar-refractivity contribution in [1.29, 1.82) is 0 Å². The van der Waals surface area contributed by atoms with Crippen LogP contribution in [-0.2, 0) is 0 Å². The maximum Gasteiger partial charge on any atom is 0.0885 e. The van der Waals surface area contributed by atoms with Crippen LogP contribution in [-0.4, -0.2) is 31.1 Å². The molecule has 6 heteroatoms. The van der Waals surface area contributed by atoms with Crippen LogP contribution in [0.5, 0.6) is 0 Å². The third-order valence-electron chi connectivity index (χ3n) is 22.3. The minimum Gasteiger partial charge on any atom is -0.268 e. The van der Waals surface area contributed by atoms with E-state index < -0.39 is 0 Å². The largest absolute Gasteiger partial charge is 0.268 e. The Kier molecular flexibility index (Phi) is 21.0. The van der Waals surface area contributed by atoms with Gasteiger partial charge in [0.05, 0.1) is 40.9 Å². The Balaban J connectivity index is 0.641. The van der Waals surface area contributed by atoms with Gasteiger partial charge < -0.3 is 0 Å². The number of hydrogen-bond donors (Lipinski definition) is 0. The Morgan fingerprint density at radius 2 is 0.595 bits per heavy atom. The number of aliphatic imine (C=N–C) groups is 1. The molecule has 3 atom stereocenters. The molecule has 550 valence electrons. The summed E-state index contributed by atoms with van der Waals surface area (Å²) in [6, 6.07) is 120. The fourth-order valence-corrected chi connectivity index (χ4v) is 16.3. The van der Waals surface area contributed by atoms with Crippen molar-refractivity contribution in [2.75, 3.05) is 0 Å². The van der Waals surface area contributed by atoms with Crippen molar-refractivity contribution in [3.05, 3.63) is 466 Å². The molecular weight excluding hydrogens is 1410 g/mol. The SMILES string of the molecule is C=C/C(=C(\C=C)c1cc(-c2ccccc2-c2ccc(-c3cnc(-c4ccc(C5C=CC=CC5c5cc(-c6ccccc6-c6ccc(-c7ccccn7)cc6)cc(-c6ccccc6-c6ccc(-c7ccccn7)cc6)c5)cc4)cn3)cc2)cc(-c2ccccc2-c2ccc(C3/C=N/C=C\C=C/C3)cc2)c1)c1ccc(-c2ccccn2)cc1. The number of rotatable bonds is 20. The van der Waals surface area contributed by atoms with Gasteiger partial charge in [0.25, 0.3) is 0 Å². The highest BCUT2D eigenvalue weighted by Gasteiger charge is 2.26. The topological polar surface area (TPSA) is 76.8 Å². The van der Waals surface area contributed by atoms with Gasteiger partial charge in [-0.1, -0.05) is 335 Å². The average Bonchev–Trinajstić information content (AvgIpc) is 0.780. The van der Waals surface area contributed by atoms with Crippen molar-refractivity contribution < 1.29 is 0 Å². The van der Waals surface area contributed by atoms with E-state index in [-0.39, 0.29) is 17.8 Å². The zero-order chi connectivity index (χ0) is 77.9. The molecule has 116 heavy (non-hydrogen) atoms. The minimum atomic E-state index is 0.0205. The van der Waals surface area contributed by atoms with Gasteiger partial charge in [0.15, 0.2) is 0 Å². The van der Waals surface area contributed by atoms with E-state index in [0.717, 1.165) is 174 Å². The molecular formula is C110H80N6. The lowest BCUT2D eigenvalue weighted by Crippen LogP contribution is -2.10. The molecule has 12 aromatic carbocycles. The van der Waals surface area contributed by atoms with Crippen molar-refractivity contribution in [2.45, 2.75) is 24.2 Å². The summed E-state index contributed by atoms with van der Waals surface area (Å²) in [6.45, 7) is 8.87. The Hall–Kier alpha value is -15.0. The molecule has 5 heterocycles. The van der Waals surface area contributed by atoms with Gasteiger partial charge in [0.1, 0.15) is 0 Å². The molecule has 0 bridgehead atoms. The summed E-state index contributed by atoms with van der Waals surface area (Å²) in [6.07, 6.45) is 33.4. The molecule has 1 aliphatic carbocycles. The van der Waals surface area contributed by atoms with E-state index in [0.29, 0.717) is 0 Å². The molecule has 16 aromatic rings. The molecule has 6 nitrogen and oxygen atoms in total. The molecule has 0 saturated heterocycles. The van der Waals surface area contributed by atoms with E-state index in [2.05, 4.69) is 361 Å². The third kappa shape index (κ3) is 15.5. The normalized spacial score (nSPS) is 15.3. The van der Waals surface area contributed by atoms with Crippen molar-refractivity contribution >= 4 is 17.4 Å². The highest BCUT2D eigenvalue weighted by atomic mass is 14.8. The van der Waals surface area contributed by atoms with E-state index in [1.807, 2.05) is 104 Å². The first-order chi connectivity index (χ1) is 57.4. The Morgan fingerprint density at radius 1 is 0.267 bits per heavy atom. The van der Waals surface area contributed by atoms with Crippen LogP contribution in [0.2, 0.25) is 0 Å². The average molecular weight is 1490 g/mol. The van der Waals surface area contributed by atoms with Crippen LogP contribution in [0.4, 0.5) is 0 Å². The zero-order valence-corrected chi connectivity index (χ0v) is 64.0. The molecule has 0 fully saturated rings. The van der Waals surface area contributed by atoms with E-state index in [1.165, 1.54) is 16.7 Å². The van der Waals surface area contributed by atoms with Crippen LogP contribution in [0.1, 0.15) is 52.0 Å². The summed E-state index contributed by atoms with van der Waals surface area (Å²) in [7, 11) is 0. The summed E-state index contributed by atoms with van der Waals surface area (Å²) in [5.74, 6) is 0.253. The maximum absolute atomic E-state index is 5.09. The van der Waals surface area contributed by atoms with Crippen LogP contribution in [0.15, 0.2) is 444 Å². The molecule has 4 aromatic heterocycles. The lowest BCUT2D eigenvalue weighted by Gasteiger charge is -2.27. The molecule has 0 radical (unpaired) electrons. The highest BCUT2D eigenvalue weighted by Crippen LogP contribution is 2.47. The maximum atomic E-state index is 5.09. The van der Waals surface area contributed by atoms with Gasteiger partial charge >= 0.3 is 0 Å². The predicted octanol–water partition coefficient (Wildman–Crippen LogP) is 28.2. The molecule has 0 spiro atoms. The molecule has 0 saturated carbocycles. The van der Waals surface area contributed by atoms with Gasteiger partial charge in [-0.3, -0.25) is 29.9 Å². The predicted molar refractivity (Wildman–Crippen MR) is 484 cm³/mol.